The zero-order valence-electron chi connectivity index (χ0n) is 11.4. The summed E-state index contributed by atoms with van der Waals surface area (Å²) in [5.74, 6) is 0. The monoisotopic (exact) mass is 348 g/mol. The lowest BCUT2D eigenvalue weighted by atomic mass is 10.3. The third-order valence-corrected chi connectivity index (χ3v) is 3.12. The summed E-state index contributed by atoms with van der Waals surface area (Å²) in [6.45, 7) is 4.98. The van der Waals surface area contributed by atoms with E-state index in [4.69, 9.17) is 9.47 Å². The van der Waals surface area contributed by atoms with Crippen molar-refractivity contribution in [3.8, 4) is 0 Å². The Hall–Kier alpha value is -1.25. The first-order chi connectivity index (χ1) is 9.49. The number of nitro groups is 1. The molecule has 0 atom stereocenters. The maximum Gasteiger partial charge on any atom is 0.286 e. The van der Waals surface area contributed by atoms with E-state index >= 15 is 0 Å². The largest absolute Gasteiger partial charge is 0.353 e. The maximum atomic E-state index is 11.9. The van der Waals surface area contributed by atoms with E-state index in [2.05, 4.69) is 15.9 Å². The molecule has 0 fully saturated rings. The van der Waals surface area contributed by atoms with Crippen molar-refractivity contribution in [3.63, 3.8) is 0 Å². The van der Waals surface area contributed by atoms with Gasteiger partial charge in [-0.05, 0) is 29.8 Å². The first-order valence-electron chi connectivity index (χ1n) is 6.27. The van der Waals surface area contributed by atoms with Gasteiger partial charge in [0, 0.05) is 32.2 Å². The number of aryl methyl sites for hydroxylation is 1. The molecule has 1 heterocycles. The molecule has 7 nitrogen and oxygen atoms in total. The van der Waals surface area contributed by atoms with E-state index < -0.39 is 11.2 Å². The van der Waals surface area contributed by atoms with Crippen molar-refractivity contribution in [2.24, 2.45) is 0 Å². The lowest BCUT2D eigenvalue weighted by Gasteiger charge is -2.17. The highest BCUT2D eigenvalue weighted by Crippen LogP contribution is 2.15. The molecule has 0 bridgehead atoms. The van der Waals surface area contributed by atoms with Gasteiger partial charge in [-0.15, -0.1) is 0 Å². The van der Waals surface area contributed by atoms with Crippen molar-refractivity contribution < 1.29 is 14.4 Å². The van der Waals surface area contributed by atoms with Crippen molar-refractivity contribution in [1.29, 1.82) is 0 Å². The molecule has 0 amide bonds. The smallest absolute Gasteiger partial charge is 0.286 e. The SMILES string of the molecule is CCOC(CCn1cc([N+](=O)[O-])cc(Br)c1=O)OCC. The lowest BCUT2D eigenvalue weighted by Crippen LogP contribution is -2.25. The van der Waals surface area contributed by atoms with E-state index in [-0.39, 0.29) is 22.3 Å². The molecular weight excluding hydrogens is 332 g/mol. The van der Waals surface area contributed by atoms with Crippen LogP contribution in [-0.4, -0.2) is 29.0 Å². The van der Waals surface area contributed by atoms with E-state index in [1.807, 2.05) is 13.8 Å². The minimum absolute atomic E-state index is 0.138. The summed E-state index contributed by atoms with van der Waals surface area (Å²) in [5.41, 5.74) is -0.455. The zero-order valence-corrected chi connectivity index (χ0v) is 13.0. The molecule has 1 aromatic heterocycles. The molecule has 1 rings (SSSR count). The molecule has 0 saturated carbocycles. The van der Waals surface area contributed by atoms with Crippen molar-refractivity contribution >= 4 is 21.6 Å². The molecule has 0 saturated heterocycles. The van der Waals surface area contributed by atoms with Crippen LogP contribution >= 0.6 is 15.9 Å². The maximum absolute atomic E-state index is 11.9. The van der Waals surface area contributed by atoms with Crippen LogP contribution in [0.5, 0.6) is 0 Å². The Morgan fingerprint density at radius 1 is 1.40 bits per heavy atom. The van der Waals surface area contributed by atoms with Crippen molar-refractivity contribution in [2.45, 2.75) is 33.1 Å². The predicted octanol–water partition coefficient (Wildman–Crippen LogP) is 2.31. The predicted molar refractivity (Wildman–Crippen MR) is 76.7 cm³/mol. The summed E-state index contributed by atoms with van der Waals surface area (Å²) >= 11 is 3.03. The summed E-state index contributed by atoms with van der Waals surface area (Å²) in [6, 6.07) is 1.20. The summed E-state index contributed by atoms with van der Waals surface area (Å²) in [6.07, 6.45) is 1.24. The molecule has 8 heteroatoms. The first kappa shape index (κ1) is 16.8. The lowest BCUT2D eigenvalue weighted by molar-refractivity contribution is -0.385. The van der Waals surface area contributed by atoms with Gasteiger partial charge in [0.25, 0.3) is 11.2 Å². The van der Waals surface area contributed by atoms with E-state index in [9.17, 15) is 14.9 Å². The molecule has 20 heavy (non-hydrogen) atoms. The number of ether oxygens (including phenoxy) is 2. The highest BCUT2D eigenvalue weighted by atomic mass is 79.9. The van der Waals surface area contributed by atoms with Gasteiger partial charge in [0.1, 0.15) is 0 Å². The van der Waals surface area contributed by atoms with Crippen LogP contribution in [0.4, 0.5) is 5.69 Å². The second-order valence-electron chi connectivity index (χ2n) is 3.93. The molecule has 0 aliphatic heterocycles. The van der Waals surface area contributed by atoms with Gasteiger partial charge in [-0.25, -0.2) is 0 Å². The molecule has 0 radical (unpaired) electrons. The zero-order chi connectivity index (χ0) is 15.1. The van der Waals surface area contributed by atoms with Crippen molar-refractivity contribution in [2.75, 3.05) is 13.2 Å². The van der Waals surface area contributed by atoms with E-state index in [0.29, 0.717) is 19.6 Å². The van der Waals surface area contributed by atoms with Gasteiger partial charge in [-0.2, -0.15) is 0 Å². The van der Waals surface area contributed by atoms with Gasteiger partial charge in [0.15, 0.2) is 6.29 Å². The minimum atomic E-state index is -0.538. The number of nitrogens with zero attached hydrogens (tertiary/aromatic N) is 2. The first-order valence-corrected chi connectivity index (χ1v) is 7.06. The van der Waals surface area contributed by atoms with Gasteiger partial charge in [-0.3, -0.25) is 14.9 Å². The molecular formula is C12H17BrN2O5. The molecule has 0 spiro atoms. The Morgan fingerprint density at radius 3 is 2.50 bits per heavy atom. The number of hydrogen-bond acceptors (Lipinski definition) is 5. The van der Waals surface area contributed by atoms with Gasteiger partial charge in [-0.1, -0.05) is 0 Å². The van der Waals surface area contributed by atoms with Gasteiger partial charge in [0.05, 0.1) is 15.6 Å². The Bertz CT molecular complexity index is 511. The quantitative estimate of drug-likeness (QED) is 0.409. The Labute approximate surface area is 124 Å². The highest BCUT2D eigenvalue weighted by Gasteiger charge is 2.14. The molecule has 112 valence electrons. The van der Waals surface area contributed by atoms with Crippen LogP contribution in [-0.2, 0) is 16.0 Å². The summed E-state index contributed by atoms with van der Waals surface area (Å²) in [4.78, 5) is 22.1. The summed E-state index contributed by atoms with van der Waals surface area (Å²) in [7, 11) is 0. The average molecular weight is 349 g/mol. The average Bonchev–Trinajstić information content (AvgIpc) is 2.40. The third-order valence-electron chi connectivity index (χ3n) is 2.55. The second kappa shape index (κ2) is 8.13. The van der Waals surface area contributed by atoms with Gasteiger partial charge < -0.3 is 14.0 Å². The molecule has 0 aliphatic carbocycles. The Morgan fingerprint density at radius 2 is 2.00 bits per heavy atom. The fourth-order valence-corrected chi connectivity index (χ4v) is 2.14. The number of pyridine rings is 1. The minimum Gasteiger partial charge on any atom is -0.353 e. The fraction of sp³-hybridized carbons (Fsp3) is 0.583. The van der Waals surface area contributed by atoms with E-state index in [0.717, 1.165) is 0 Å². The topological polar surface area (TPSA) is 83.6 Å². The Balaban J connectivity index is 2.85. The summed E-state index contributed by atoms with van der Waals surface area (Å²) < 4.78 is 12.2. The molecule has 0 unspecified atom stereocenters. The number of rotatable bonds is 8. The van der Waals surface area contributed by atoms with Crippen LogP contribution in [0.15, 0.2) is 21.5 Å². The molecule has 1 aromatic rings. The number of halogens is 1. The Kier molecular flexibility index (Phi) is 6.83. The highest BCUT2D eigenvalue weighted by molar-refractivity contribution is 9.10. The van der Waals surface area contributed by atoms with Crippen LogP contribution in [0.3, 0.4) is 0 Å². The van der Waals surface area contributed by atoms with E-state index in [1.165, 1.54) is 16.8 Å². The van der Waals surface area contributed by atoms with Crippen LogP contribution < -0.4 is 5.56 Å². The van der Waals surface area contributed by atoms with Crippen molar-refractivity contribution in [1.82, 2.24) is 4.57 Å². The molecule has 0 aliphatic rings. The fourth-order valence-electron chi connectivity index (χ4n) is 1.68. The summed E-state index contributed by atoms with van der Waals surface area (Å²) in [5, 5.41) is 10.8. The van der Waals surface area contributed by atoms with Crippen LogP contribution in [0, 0.1) is 10.1 Å². The normalized spacial score (nSPS) is 11.0. The number of hydrogen-bond donors (Lipinski definition) is 0. The van der Waals surface area contributed by atoms with Gasteiger partial charge in [0.2, 0.25) is 0 Å². The number of aromatic nitrogens is 1. The third kappa shape index (κ3) is 4.69. The van der Waals surface area contributed by atoms with E-state index in [1.54, 1.807) is 0 Å². The molecule has 0 N–H and O–H groups in total. The van der Waals surface area contributed by atoms with Crippen LogP contribution in [0.2, 0.25) is 0 Å². The van der Waals surface area contributed by atoms with Crippen molar-refractivity contribution in [3.05, 3.63) is 37.2 Å². The second-order valence-corrected chi connectivity index (χ2v) is 4.79. The van der Waals surface area contributed by atoms with Gasteiger partial charge >= 0.3 is 0 Å². The standard InChI is InChI=1S/C12H17BrN2O5/c1-3-19-11(20-4-2)5-6-14-8-9(15(17)18)7-10(13)12(14)16/h7-8,11H,3-6H2,1-2H3. The molecule has 0 aromatic carbocycles. The van der Waals surface area contributed by atoms with Crippen LogP contribution in [0.1, 0.15) is 20.3 Å². The van der Waals surface area contributed by atoms with Crippen LogP contribution in [0.25, 0.3) is 0 Å².